The first-order chi connectivity index (χ1) is 31.8. The van der Waals surface area contributed by atoms with Crippen LogP contribution in [0.4, 0.5) is 0 Å². The minimum atomic E-state index is -1.62. The molecule has 0 aliphatic carbocycles. The van der Waals surface area contributed by atoms with Crippen LogP contribution in [0.1, 0.15) is 232 Å². The molecule has 380 valence electrons. The molecule has 10 nitrogen and oxygen atoms in total. The Morgan fingerprint density at radius 3 is 1.43 bits per heavy atom. The maximum Gasteiger partial charge on any atom is 0.249 e. The number of hydrogen-bond donors (Lipinski definition) is 7. The van der Waals surface area contributed by atoms with Crippen LogP contribution in [0, 0.1) is 0 Å². The highest BCUT2D eigenvalue weighted by molar-refractivity contribution is 5.80. The molecule has 0 aromatic carbocycles. The van der Waals surface area contributed by atoms with Crippen LogP contribution in [0.5, 0.6) is 0 Å². The van der Waals surface area contributed by atoms with Gasteiger partial charge in [-0.3, -0.25) is 4.79 Å². The van der Waals surface area contributed by atoms with E-state index >= 15 is 0 Å². The number of allylic oxidation sites excluding steroid dienone is 7. The molecule has 0 aromatic rings. The van der Waals surface area contributed by atoms with E-state index < -0.39 is 61.5 Å². The van der Waals surface area contributed by atoms with Crippen molar-refractivity contribution in [3.63, 3.8) is 0 Å². The summed E-state index contributed by atoms with van der Waals surface area (Å²) in [7, 11) is 0. The number of unbranched alkanes of at least 4 members (excludes halogenated alkanes) is 28. The number of rotatable bonds is 45. The van der Waals surface area contributed by atoms with Crippen molar-refractivity contribution in [2.24, 2.45) is 0 Å². The normalized spacial score (nSPS) is 20.8. The molecular weight excluding hydrogens is 819 g/mol. The molecule has 1 aliphatic heterocycles. The van der Waals surface area contributed by atoms with Crippen molar-refractivity contribution >= 4 is 5.91 Å². The van der Waals surface area contributed by atoms with Crippen molar-refractivity contribution in [1.29, 1.82) is 0 Å². The van der Waals surface area contributed by atoms with E-state index in [2.05, 4.69) is 55.6 Å². The van der Waals surface area contributed by atoms with Crippen molar-refractivity contribution in [1.82, 2.24) is 5.32 Å². The van der Waals surface area contributed by atoms with E-state index in [1.807, 2.05) is 6.08 Å². The highest BCUT2D eigenvalue weighted by Gasteiger charge is 2.44. The summed E-state index contributed by atoms with van der Waals surface area (Å²) < 4.78 is 11.1. The van der Waals surface area contributed by atoms with E-state index in [-0.39, 0.29) is 6.61 Å². The van der Waals surface area contributed by atoms with E-state index in [4.69, 9.17) is 9.47 Å². The summed E-state index contributed by atoms with van der Waals surface area (Å²) in [6.45, 7) is 3.58. The lowest BCUT2D eigenvalue weighted by Crippen LogP contribution is -2.60. The molecule has 10 heteroatoms. The van der Waals surface area contributed by atoms with Crippen LogP contribution in [0.15, 0.2) is 48.6 Å². The lowest BCUT2D eigenvalue weighted by Gasteiger charge is -2.40. The van der Waals surface area contributed by atoms with Gasteiger partial charge in [-0.2, -0.15) is 0 Å². The molecule has 1 rings (SSSR count). The molecule has 1 amide bonds. The second-order valence-corrected chi connectivity index (χ2v) is 18.8. The molecule has 0 saturated carbocycles. The van der Waals surface area contributed by atoms with Gasteiger partial charge in [0.1, 0.15) is 30.5 Å². The molecular formula is C55H101NO9. The van der Waals surface area contributed by atoms with Crippen molar-refractivity contribution in [3.8, 4) is 0 Å². The molecule has 0 radical (unpaired) electrons. The number of hydrogen-bond acceptors (Lipinski definition) is 9. The molecule has 1 saturated heterocycles. The van der Waals surface area contributed by atoms with Crippen LogP contribution < -0.4 is 5.32 Å². The van der Waals surface area contributed by atoms with E-state index in [0.29, 0.717) is 19.3 Å². The second-order valence-electron chi connectivity index (χ2n) is 18.8. The van der Waals surface area contributed by atoms with Gasteiger partial charge >= 0.3 is 0 Å². The first kappa shape index (κ1) is 61.1. The Bertz CT molecular complexity index is 1180. The third-order valence-electron chi connectivity index (χ3n) is 12.7. The lowest BCUT2D eigenvalue weighted by atomic mass is 9.99. The molecule has 8 unspecified atom stereocenters. The van der Waals surface area contributed by atoms with Gasteiger partial charge in [0.2, 0.25) is 5.91 Å². The zero-order chi connectivity index (χ0) is 47.4. The van der Waals surface area contributed by atoms with Crippen LogP contribution in [0.25, 0.3) is 0 Å². The van der Waals surface area contributed by atoms with Gasteiger partial charge in [0.15, 0.2) is 6.29 Å². The Labute approximate surface area is 397 Å². The highest BCUT2D eigenvalue weighted by atomic mass is 16.7. The monoisotopic (exact) mass is 920 g/mol. The van der Waals surface area contributed by atoms with Crippen molar-refractivity contribution < 1.29 is 44.9 Å². The molecule has 65 heavy (non-hydrogen) atoms. The molecule has 8 atom stereocenters. The minimum absolute atomic E-state index is 0.301. The van der Waals surface area contributed by atoms with Gasteiger partial charge in [-0.25, -0.2) is 0 Å². The number of aliphatic hydroxyl groups is 6. The van der Waals surface area contributed by atoms with Crippen molar-refractivity contribution in [2.45, 2.75) is 281 Å². The van der Waals surface area contributed by atoms with Crippen LogP contribution >= 0.6 is 0 Å². The van der Waals surface area contributed by atoms with E-state index in [1.54, 1.807) is 6.08 Å². The Morgan fingerprint density at radius 2 is 0.954 bits per heavy atom. The molecule has 0 spiro atoms. The number of aliphatic hydroxyl groups excluding tert-OH is 6. The largest absolute Gasteiger partial charge is 0.394 e. The van der Waals surface area contributed by atoms with Crippen LogP contribution in [-0.2, 0) is 14.3 Å². The zero-order valence-electron chi connectivity index (χ0n) is 41.6. The van der Waals surface area contributed by atoms with Gasteiger partial charge in [0.05, 0.1) is 25.4 Å². The summed E-state index contributed by atoms with van der Waals surface area (Å²) in [5, 5.41) is 64.7. The Hall–Kier alpha value is -1.89. The van der Waals surface area contributed by atoms with E-state index in [9.17, 15) is 35.4 Å². The van der Waals surface area contributed by atoms with Crippen LogP contribution in [0.2, 0.25) is 0 Å². The fourth-order valence-electron chi connectivity index (χ4n) is 8.33. The third kappa shape index (κ3) is 34.1. The summed E-state index contributed by atoms with van der Waals surface area (Å²) in [4.78, 5) is 13.1. The molecule has 1 heterocycles. The molecule has 1 fully saturated rings. The van der Waals surface area contributed by atoms with Gasteiger partial charge < -0.3 is 45.4 Å². The summed E-state index contributed by atoms with van der Waals surface area (Å²) in [6, 6.07) is -0.998. The average Bonchev–Trinajstić information content (AvgIpc) is 3.31. The fraction of sp³-hybridized carbons (Fsp3) is 0.836. The minimum Gasteiger partial charge on any atom is -0.394 e. The first-order valence-electron chi connectivity index (χ1n) is 27.0. The molecule has 1 aliphatic rings. The average molecular weight is 920 g/mol. The van der Waals surface area contributed by atoms with Gasteiger partial charge in [-0.15, -0.1) is 0 Å². The SMILES string of the molecule is CCCCCCCC/C=C/CC/C=C/C(O)C(COC1OC(CO)C(O)C(O)C1O)NC(=O)C(O)CCCCCCCCCCCCCC/C=C\C/C=C\CCCCCCCCCCC. The van der Waals surface area contributed by atoms with Crippen LogP contribution in [0.3, 0.4) is 0 Å². The second kappa shape index (κ2) is 44.6. The van der Waals surface area contributed by atoms with Gasteiger partial charge in [-0.1, -0.05) is 217 Å². The summed E-state index contributed by atoms with van der Waals surface area (Å²) in [6.07, 6.45) is 47.9. The van der Waals surface area contributed by atoms with Gasteiger partial charge in [0.25, 0.3) is 0 Å². The summed E-state index contributed by atoms with van der Waals surface area (Å²) in [5.74, 6) is -0.628. The van der Waals surface area contributed by atoms with Gasteiger partial charge in [0, 0.05) is 0 Å². The summed E-state index contributed by atoms with van der Waals surface area (Å²) >= 11 is 0. The smallest absolute Gasteiger partial charge is 0.249 e. The van der Waals surface area contributed by atoms with Crippen molar-refractivity contribution in [3.05, 3.63) is 48.6 Å². The Kier molecular flexibility index (Phi) is 41.9. The quantitative estimate of drug-likeness (QED) is 0.0232. The number of carbonyl (C=O) groups is 1. The molecule has 0 bridgehead atoms. The maximum absolute atomic E-state index is 13.1. The number of amides is 1. The van der Waals surface area contributed by atoms with Gasteiger partial charge in [-0.05, 0) is 64.2 Å². The fourth-order valence-corrected chi connectivity index (χ4v) is 8.33. The Morgan fingerprint density at radius 1 is 0.538 bits per heavy atom. The Balaban J connectivity index is 2.24. The maximum atomic E-state index is 13.1. The predicted molar refractivity (Wildman–Crippen MR) is 269 cm³/mol. The topological polar surface area (TPSA) is 169 Å². The molecule has 7 N–H and O–H groups in total. The number of nitrogens with one attached hydrogen (secondary N) is 1. The van der Waals surface area contributed by atoms with Crippen LogP contribution in [-0.4, -0.2) is 98.7 Å². The highest BCUT2D eigenvalue weighted by Crippen LogP contribution is 2.23. The number of carbonyl (C=O) groups excluding carboxylic acids is 1. The molecule has 0 aromatic heterocycles. The number of ether oxygens (including phenoxy) is 2. The standard InChI is InChI=1S/C55H101NO9/c1-3-5-7-9-11-13-15-17-18-19-20-21-22-23-24-25-26-27-28-29-30-31-32-34-36-38-40-42-44-49(59)54(63)56-47(46-64-55-53(62)52(61)51(60)50(45-57)65-55)48(58)43-41-39-37-35-33-16-14-12-10-8-6-4-2/h20-21,23-24,33,35,41,43,47-53,55,57-62H,3-19,22,25-32,34,36-40,42,44-46H2,1-2H3,(H,56,63)/b21-20-,24-23-,35-33+,43-41+. The first-order valence-corrected chi connectivity index (χ1v) is 27.0. The third-order valence-corrected chi connectivity index (χ3v) is 12.7. The predicted octanol–water partition coefficient (Wildman–Crippen LogP) is 11.5. The van der Waals surface area contributed by atoms with E-state index in [0.717, 1.165) is 38.5 Å². The van der Waals surface area contributed by atoms with E-state index in [1.165, 1.54) is 161 Å². The zero-order valence-corrected chi connectivity index (χ0v) is 41.6. The summed E-state index contributed by atoms with van der Waals surface area (Å²) in [5.41, 5.74) is 0. The lowest BCUT2D eigenvalue weighted by molar-refractivity contribution is -0.302. The van der Waals surface area contributed by atoms with Crippen molar-refractivity contribution in [2.75, 3.05) is 13.2 Å².